The molecule has 0 aliphatic carbocycles. The molecular formula is C20H30N4O6. The number of carboxylic acids is 2. The molecular weight excluding hydrogens is 392 g/mol. The molecule has 2 heterocycles. The Hall–Kier alpha value is -2.56. The van der Waals surface area contributed by atoms with Crippen molar-refractivity contribution in [2.24, 2.45) is 0 Å². The zero-order valence-corrected chi connectivity index (χ0v) is 17.3. The minimum atomic E-state index is -0.900. The van der Waals surface area contributed by atoms with Crippen LogP contribution >= 0.6 is 0 Å². The van der Waals surface area contributed by atoms with Gasteiger partial charge in [-0.25, -0.2) is 0 Å². The molecule has 0 fully saturated rings. The molecule has 1 aromatic rings. The highest BCUT2D eigenvalue weighted by Crippen LogP contribution is 2.09. The van der Waals surface area contributed by atoms with Crippen molar-refractivity contribution in [2.75, 3.05) is 52.9 Å². The van der Waals surface area contributed by atoms with Crippen LogP contribution in [0, 0.1) is 0 Å². The number of carbonyl (C=O) groups excluding carboxylic acids is 1. The highest BCUT2D eigenvalue weighted by Gasteiger charge is 2.18. The maximum absolute atomic E-state index is 11.4. The zero-order valence-electron chi connectivity index (χ0n) is 17.3. The van der Waals surface area contributed by atoms with Crippen molar-refractivity contribution in [1.82, 2.24) is 19.7 Å². The summed E-state index contributed by atoms with van der Waals surface area (Å²) in [7, 11) is 1.36. The maximum Gasteiger partial charge on any atom is 0.317 e. The Balaban J connectivity index is 2.15. The van der Waals surface area contributed by atoms with Crippen LogP contribution in [-0.4, -0.2) is 101 Å². The number of aliphatic carboxylic acids is 2. The normalized spacial score (nSPS) is 17.0. The fourth-order valence-electron chi connectivity index (χ4n) is 3.42. The van der Waals surface area contributed by atoms with Gasteiger partial charge in [0.25, 0.3) is 0 Å². The predicted molar refractivity (Wildman–Crippen MR) is 108 cm³/mol. The van der Waals surface area contributed by atoms with E-state index in [0.717, 1.165) is 11.4 Å². The topological polar surface area (TPSA) is 124 Å². The van der Waals surface area contributed by atoms with Crippen LogP contribution in [0.25, 0.3) is 0 Å². The molecule has 1 aliphatic rings. The van der Waals surface area contributed by atoms with Crippen LogP contribution in [0.1, 0.15) is 24.2 Å². The van der Waals surface area contributed by atoms with Gasteiger partial charge in [-0.05, 0) is 25.1 Å². The molecule has 10 nitrogen and oxygen atoms in total. The first-order valence-electron chi connectivity index (χ1n) is 9.98. The summed E-state index contributed by atoms with van der Waals surface area (Å²) < 4.78 is 4.68. The molecule has 166 valence electrons. The lowest BCUT2D eigenvalue weighted by Crippen LogP contribution is -2.42. The van der Waals surface area contributed by atoms with Gasteiger partial charge in [0.15, 0.2) is 0 Å². The molecule has 2 rings (SSSR count). The molecule has 0 saturated carbocycles. The van der Waals surface area contributed by atoms with Gasteiger partial charge in [-0.1, -0.05) is 6.07 Å². The van der Waals surface area contributed by atoms with Crippen LogP contribution in [0.2, 0.25) is 0 Å². The monoisotopic (exact) mass is 422 g/mol. The minimum absolute atomic E-state index is 0.0902. The van der Waals surface area contributed by atoms with Gasteiger partial charge in [-0.3, -0.25) is 29.2 Å². The molecule has 2 bridgehead atoms. The lowest BCUT2D eigenvalue weighted by atomic mass is 10.2. The number of fused-ring (bicyclic) bond motifs is 2. The first kappa shape index (κ1) is 23.7. The maximum atomic E-state index is 11.4. The minimum Gasteiger partial charge on any atom is -0.480 e. The van der Waals surface area contributed by atoms with Crippen molar-refractivity contribution in [1.29, 1.82) is 0 Å². The van der Waals surface area contributed by atoms with Gasteiger partial charge in [0.05, 0.1) is 31.6 Å². The summed E-state index contributed by atoms with van der Waals surface area (Å²) >= 11 is 0. The average Bonchev–Trinajstić information content (AvgIpc) is 2.67. The third-order valence-corrected chi connectivity index (χ3v) is 4.90. The number of pyridine rings is 1. The first-order valence-corrected chi connectivity index (χ1v) is 9.98. The van der Waals surface area contributed by atoms with Crippen LogP contribution in [-0.2, 0) is 32.2 Å². The summed E-state index contributed by atoms with van der Waals surface area (Å²) in [6.07, 6.45) is 0.921. The Bertz CT molecular complexity index is 684. The third kappa shape index (κ3) is 8.85. The molecule has 0 unspecified atom stereocenters. The van der Waals surface area contributed by atoms with Gasteiger partial charge in [-0.15, -0.1) is 0 Å². The second kappa shape index (κ2) is 12.2. The Morgan fingerprint density at radius 3 is 1.90 bits per heavy atom. The largest absolute Gasteiger partial charge is 0.480 e. The molecule has 1 aromatic heterocycles. The number of carbonyl (C=O) groups is 3. The van der Waals surface area contributed by atoms with E-state index in [2.05, 4.69) is 14.6 Å². The van der Waals surface area contributed by atoms with E-state index in [0.29, 0.717) is 58.7 Å². The molecule has 1 aliphatic heterocycles. The average molecular weight is 422 g/mol. The molecule has 0 aromatic carbocycles. The van der Waals surface area contributed by atoms with Crippen molar-refractivity contribution in [3.05, 3.63) is 29.6 Å². The van der Waals surface area contributed by atoms with Gasteiger partial charge in [-0.2, -0.15) is 0 Å². The van der Waals surface area contributed by atoms with Crippen LogP contribution < -0.4 is 0 Å². The van der Waals surface area contributed by atoms with Crippen molar-refractivity contribution in [2.45, 2.75) is 25.9 Å². The van der Waals surface area contributed by atoms with E-state index in [9.17, 15) is 24.6 Å². The Labute approximate surface area is 176 Å². The summed E-state index contributed by atoms with van der Waals surface area (Å²) in [5, 5.41) is 18.5. The molecule has 30 heavy (non-hydrogen) atoms. The van der Waals surface area contributed by atoms with E-state index in [1.165, 1.54) is 7.11 Å². The van der Waals surface area contributed by atoms with Gasteiger partial charge >= 0.3 is 17.9 Å². The lowest BCUT2D eigenvalue weighted by Gasteiger charge is -2.30. The Morgan fingerprint density at radius 1 is 0.933 bits per heavy atom. The van der Waals surface area contributed by atoms with E-state index >= 15 is 0 Å². The van der Waals surface area contributed by atoms with Gasteiger partial charge in [0.2, 0.25) is 0 Å². The number of methoxy groups -OCH3 is 1. The molecule has 0 saturated heterocycles. The predicted octanol–water partition coefficient (Wildman–Crippen LogP) is 0.124. The summed E-state index contributed by atoms with van der Waals surface area (Å²) in [6, 6.07) is 5.56. The molecule has 0 spiro atoms. The number of nitrogens with zero attached hydrogens (tertiary/aromatic N) is 4. The van der Waals surface area contributed by atoms with Crippen molar-refractivity contribution in [3.8, 4) is 0 Å². The van der Waals surface area contributed by atoms with Crippen LogP contribution in [0.15, 0.2) is 18.2 Å². The van der Waals surface area contributed by atoms with E-state index < -0.39 is 11.9 Å². The fraction of sp³-hybridized carbons (Fsp3) is 0.600. The standard InChI is InChI=1S/C20H30N4O6/c1-30-20(29)6-3-7-22-8-10-23(14-18(25)26)12-16-4-2-5-17(21-16)13-24(11-9-22)15-19(27)28/h2,4-5H,3,6-15H2,1H3,(H,25,26)(H,27,28). The van der Waals surface area contributed by atoms with Gasteiger partial charge < -0.3 is 19.8 Å². The second-order valence-corrected chi connectivity index (χ2v) is 7.35. The van der Waals surface area contributed by atoms with E-state index in [-0.39, 0.29) is 19.1 Å². The van der Waals surface area contributed by atoms with Gasteiger partial charge in [0, 0.05) is 45.7 Å². The summed E-state index contributed by atoms with van der Waals surface area (Å²) in [4.78, 5) is 44.4. The molecule has 0 radical (unpaired) electrons. The SMILES string of the molecule is COC(=O)CCCN1CCN(CC(=O)O)Cc2cccc(n2)CN(CC(=O)O)CC1. The molecule has 2 N–H and O–H groups in total. The highest BCUT2D eigenvalue weighted by molar-refractivity contribution is 5.69. The molecule has 10 heteroatoms. The summed E-state index contributed by atoms with van der Waals surface area (Å²) in [5.74, 6) is -2.07. The van der Waals surface area contributed by atoms with Crippen molar-refractivity contribution in [3.63, 3.8) is 0 Å². The van der Waals surface area contributed by atoms with Crippen LogP contribution in [0.5, 0.6) is 0 Å². The van der Waals surface area contributed by atoms with Gasteiger partial charge in [0.1, 0.15) is 0 Å². The van der Waals surface area contributed by atoms with E-state index in [1.54, 1.807) is 0 Å². The number of hydrogen-bond donors (Lipinski definition) is 2. The quantitative estimate of drug-likeness (QED) is 0.559. The number of carboxylic acid groups (broad SMARTS) is 2. The molecule has 0 atom stereocenters. The highest BCUT2D eigenvalue weighted by atomic mass is 16.5. The number of aromatic nitrogens is 1. The summed E-state index contributed by atoms with van der Waals surface area (Å²) in [6.45, 7) is 3.51. The summed E-state index contributed by atoms with van der Waals surface area (Å²) in [5.41, 5.74) is 1.50. The second-order valence-electron chi connectivity index (χ2n) is 7.35. The number of esters is 1. The van der Waals surface area contributed by atoms with Crippen molar-refractivity contribution < 1.29 is 29.3 Å². The van der Waals surface area contributed by atoms with E-state index in [1.807, 2.05) is 28.0 Å². The van der Waals surface area contributed by atoms with E-state index in [4.69, 9.17) is 0 Å². The Kier molecular flexibility index (Phi) is 9.65. The number of ether oxygens (including phenoxy) is 1. The Morgan fingerprint density at radius 2 is 1.43 bits per heavy atom. The fourth-order valence-corrected chi connectivity index (χ4v) is 3.42. The zero-order chi connectivity index (χ0) is 21.9. The molecule has 0 amide bonds. The number of hydrogen-bond acceptors (Lipinski definition) is 8. The number of rotatable bonds is 8. The van der Waals surface area contributed by atoms with Crippen LogP contribution in [0.3, 0.4) is 0 Å². The first-order chi connectivity index (χ1) is 14.4. The third-order valence-electron chi connectivity index (χ3n) is 4.90. The van der Waals surface area contributed by atoms with Crippen LogP contribution in [0.4, 0.5) is 0 Å². The van der Waals surface area contributed by atoms with Crippen molar-refractivity contribution >= 4 is 17.9 Å². The smallest absolute Gasteiger partial charge is 0.317 e. The lowest BCUT2D eigenvalue weighted by molar-refractivity contribution is -0.141.